The van der Waals surface area contributed by atoms with Crippen LogP contribution in [-0.2, 0) is 11.6 Å². The Bertz CT molecular complexity index is 592. The minimum Gasteiger partial charge on any atom is -0.260 e. The van der Waals surface area contributed by atoms with Crippen molar-refractivity contribution in [2.24, 2.45) is 0 Å². The number of alkyl halides is 3. The second-order valence-electron chi connectivity index (χ2n) is 5.76. The van der Waals surface area contributed by atoms with E-state index in [1.165, 1.54) is 6.07 Å². The highest BCUT2D eigenvalue weighted by Crippen LogP contribution is 2.32. The third kappa shape index (κ3) is 3.18. The van der Waals surface area contributed by atoms with Gasteiger partial charge in [-0.05, 0) is 23.8 Å². The van der Waals surface area contributed by atoms with Gasteiger partial charge in [-0.15, -0.1) is 0 Å². The molecule has 0 amide bonds. The molecule has 0 N–H and O–H groups in total. The lowest BCUT2D eigenvalue weighted by Gasteiger charge is -2.17. The van der Waals surface area contributed by atoms with Gasteiger partial charge in [0.25, 0.3) is 0 Å². The van der Waals surface area contributed by atoms with E-state index in [-0.39, 0.29) is 5.41 Å². The van der Waals surface area contributed by atoms with E-state index in [4.69, 9.17) is 0 Å². The van der Waals surface area contributed by atoms with Crippen molar-refractivity contribution in [3.8, 4) is 11.1 Å². The topological polar surface area (TPSA) is 12.9 Å². The summed E-state index contributed by atoms with van der Waals surface area (Å²) in [4.78, 5) is 4.34. The van der Waals surface area contributed by atoms with Gasteiger partial charge in [0.1, 0.15) is 0 Å². The molecule has 1 heterocycles. The second-order valence-corrected chi connectivity index (χ2v) is 5.76. The Hall–Kier alpha value is -1.84. The highest BCUT2D eigenvalue weighted by atomic mass is 19.4. The summed E-state index contributed by atoms with van der Waals surface area (Å²) in [5, 5.41) is 0. The Balaban J connectivity index is 2.38. The van der Waals surface area contributed by atoms with Gasteiger partial charge in [-0.1, -0.05) is 39.0 Å². The van der Waals surface area contributed by atoms with Crippen LogP contribution in [0.5, 0.6) is 0 Å². The molecule has 1 nitrogen and oxygen atoms in total. The molecule has 106 valence electrons. The first kappa shape index (κ1) is 14.6. The molecule has 1 aromatic carbocycles. The molecular weight excluding hydrogens is 263 g/mol. The Morgan fingerprint density at radius 3 is 2.10 bits per heavy atom. The van der Waals surface area contributed by atoms with E-state index in [1.807, 2.05) is 32.9 Å². The number of pyridine rings is 1. The van der Waals surface area contributed by atoms with E-state index >= 15 is 0 Å². The highest BCUT2D eigenvalue weighted by molar-refractivity contribution is 5.63. The van der Waals surface area contributed by atoms with Crippen LogP contribution >= 0.6 is 0 Å². The zero-order valence-electron chi connectivity index (χ0n) is 11.6. The van der Waals surface area contributed by atoms with Gasteiger partial charge < -0.3 is 0 Å². The summed E-state index contributed by atoms with van der Waals surface area (Å²) in [5.41, 5.74) is 1.40. The number of nitrogens with zero attached hydrogens (tertiary/aromatic N) is 1. The maximum atomic E-state index is 12.7. The van der Waals surface area contributed by atoms with E-state index in [0.717, 1.165) is 17.8 Å². The normalized spacial score (nSPS) is 12.5. The molecule has 0 saturated carbocycles. The molecule has 2 aromatic rings. The predicted molar refractivity (Wildman–Crippen MR) is 73.4 cm³/mol. The molecule has 4 heteroatoms. The van der Waals surface area contributed by atoms with Crippen LogP contribution in [0, 0.1) is 0 Å². The number of hydrogen-bond donors (Lipinski definition) is 0. The van der Waals surface area contributed by atoms with E-state index in [0.29, 0.717) is 11.1 Å². The highest BCUT2D eigenvalue weighted by Gasteiger charge is 2.30. The molecule has 0 saturated heterocycles. The van der Waals surface area contributed by atoms with E-state index < -0.39 is 11.7 Å². The minimum absolute atomic E-state index is 0.0770. The monoisotopic (exact) mass is 279 g/mol. The molecule has 0 bridgehead atoms. The summed E-state index contributed by atoms with van der Waals surface area (Å²) in [6.07, 6.45) is -2.70. The third-order valence-corrected chi connectivity index (χ3v) is 3.06. The van der Waals surface area contributed by atoms with E-state index in [2.05, 4.69) is 4.98 Å². The maximum absolute atomic E-state index is 12.7. The van der Waals surface area contributed by atoms with Crippen molar-refractivity contribution in [3.63, 3.8) is 0 Å². The van der Waals surface area contributed by atoms with E-state index in [9.17, 15) is 13.2 Å². The summed E-state index contributed by atoms with van der Waals surface area (Å²) in [6, 6.07) is 8.95. The average molecular weight is 279 g/mol. The zero-order valence-corrected chi connectivity index (χ0v) is 11.6. The smallest absolute Gasteiger partial charge is 0.260 e. The molecule has 2 rings (SSSR count). The van der Waals surface area contributed by atoms with Gasteiger partial charge in [0, 0.05) is 22.9 Å². The first-order valence-electron chi connectivity index (χ1n) is 6.32. The quantitative estimate of drug-likeness (QED) is 0.710. The van der Waals surface area contributed by atoms with E-state index in [1.54, 1.807) is 12.3 Å². The van der Waals surface area contributed by atoms with Crippen LogP contribution in [0.3, 0.4) is 0 Å². The van der Waals surface area contributed by atoms with Crippen LogP contribution < -0.4 is 0 Å². The van der Waals surface area contributed by atoms with Gasteiger partial charge in [0.15, 0.2) is 0 Å². The maximum Gasteiger partial charge on any atom is 0.416 e. The van der Waals surface area contributed by atoms with Crippen LogP contribution in [-0.4, -0.2) is 4.98 Å². The van der Waals surface area contributed by atoms with Crippen molar-refractivity contribution in [1.82, 2.24) is 4.98 Å². The average Bonchev–Trinajstić information content (AvgIpc) is 2.37. The van der Waals surface area contributed by atoms with Gasteiger partial charge >= 0.3 is 6.18 Å². The Kier molecular flexibility index (Phi) is 3.59. The summed E-state index contributed by atoms with van der Waals surface area (Å²) >= 11 is 0. The largest absolute Gasteiger partial charge is 0.416 e. The first-order valence-corrected chi connectivity index (χ1v) is 6.32. The lowest BCUT2D eigenvalue weighted by molar-refractivity contribution is -0.137. The molecule has 0 aliphatic carbocycles. The first-order chi connectivity index (χ1) is 9.18. The van der Waals surface area contributed by atoms with Gasteiger partial charge in [-0.2, -0.15) is 13.2 Å². The fourth-order valence-corrected chi connectivity index (χ4v) is 1.88. The molecule has 1 aromatic heterocycles. The number of aromatic nitrogens is 1. The van der Waals surface area contributed by atoms with Gasteiger partial charge in [-0.25, -0.2) is 0 Å². The minimum atomic E-state index is -4.32. The SMILES string of the molecule is CC(C)(C)c1ccc(-c2cccc(C(F)(F)F)c2)cn1. The Labute approximate surface area is 116 Å². The number of benzene rings is 1. The Morgan fingerprint density at radius 2 is 1.60 bits per heavy atom. The number of rotatable bonds is 1. The lowest BCUT2D eigenvalue weighted by atomic mass is 9.91. The molecule has 0 aliphatic heterocycles. The van der Waals surface area contributed by atoms with Crippen molar-refractivity contribution >= 4 is 0 Å². The number of halogens is 3. The fraction of sp³-hybridized carbons (Fsp3) is 0.312. The van der Waals surface area contributed by atoms with Gasteiger partial charge in [0.2, 0.25) is 0 Å². The van der Waals surface area contributed by atoms with Crippen molar-refractivity contribution in [3.05, 3.63) is 53.9 Å². The standard InChI is InChI=1S/C16H16F3N/c1-15(2,3)14-8-7-12(10-20-14)11-5-4-6-13(9-11)16(17,18)19/h4-10H,1-3H3. The van der Waals surface area contributed by atoms with Gasteiger partial charge in [0.05, 0.1) is 5.56 Å². The molecule has 0 aliphatic rings. The molecule has 0 spiro atoms. The van der Waals surface area contributed by atoms with Crippen molar-refractivity contribution < 1.29 is 13.2 Å². The van der Waals surface area contributed by atoms with Crippen LogP contribution in [0.1, 0.15) is 32.0 Å². The molecule has 0 fully saturated rings. The summed E-state index contributed by atoms with van der Waals surface area (Å²) in [6.45, 7) is 6.12. The molecule has 0 unspecified atom stereocenters. The summed E-state index contributed by atoms with van der Waals surface area (Å²) < 4.78 is 38.1. The van der Waals surface area contributed by atoms with Crippen molar-refractivity contribution in [2.45, 2.75) is 32.4 Å². The summed E-state index contributed by atoms with van der Waals surface area (Å²) in [7, 11) is 0. The predicted octanol–water partition coefficient (Wildman–Crippen LogP) is 5.06. The van der Waals surface area contributed by atoms with Crippen molar-refractivity contribution in [2.75, 3.05) is 0 Å². The molecule has 0 radical (unpaired) electrons. The van der Waals surface area contributed by atoms with Crippen LogP contribution in [0.15, 0.2) is 42.6 Å². The lowest BCUT2D eigenvalue weighted by Crippen LogP contribution is -2.12. The van der Waals surface area contributed by atoms with Crippen molar-refractivity contribution in [1.29, 1.82) is 0 Å². The van der Waals surface area contributed by atoms with Crippen LogP contribution in [0.2, 0.25) is 0 Å². The molecular formula is C16H16F3N. The fourth-order valence-electron chi connectivity index (χ4n) is 1.88. The zero-order chi connectivity index (χ0) is 15.0. The number of hydrogen-bond acceptors (Lipinski definition) is 1. The van der Waals surface area contributed by atoms with Crippen LogP contribution in [0.4, 0.5) is 13.2 Å². The molecule has 0 atom stereocenters. The third-order valence-electron chi connectivity index (χ3n) is 3.06. The second kappa shape index (κ2) is 4.93. The van der Waals surface area contributed by atoms with Gasteiger partial charge in [-0.3, -0.25) is 4.98 Å². The Morgan fingerprint density at radius 1 is 0.900 bits per heavy atom. The van der Waals surface area contributed by atoms with Crippen LogP contribution in [0.25, 0.3) is 11.1 Å². The molecule has 20 heavy (non-hydrogen) atoms. The summed E-state index contributed by atoms with van der Waals surface area (Å²) in [5.74, 6) is 0.